The van der Waals surface area contributed by atoms with Gasteiger partial charge in [-0.05, 0) is 38.3 Å². The van der Waals surface area contributed by atoms with E-state index in [0.29, 0.717) is 12.8 Å². The molecular weight excluding hydrogens is 352 g/mol. The Morgan fingerprint density at radius 3 is 1.45 bits per heavy atom. The minimum Gasteiger partial charge on any atom is -0.463 e. The van der Waals surface area contributed by atoms with E-state index in [1.54, 1.807) is 0 Å². The van der Waals surface area contributed by atoms with Crippen LogP contribution >= 0.6 is 0 Å². The van der Waals surface area contributed by atoms with Crippen LogP contribution in [0.2, 0.25) is 38.3 Å². The first kappa shape index (κ1) is 21.7. The highest BCUT2D eigenvalue weighted by atomic mass is 28.3. The maximum Gasteiger partial charge on any atom is 0.305 e. The summed E-state index contributed by atoms with van der Waals surface area (Å²) in [6.45, 7) is 8.77. The zero-order valence-corrected chi connectivity index (χ0v) is 19.4. The zero-order valence-electron chi connectivity index (χ0n) is 14.3. The predicted octanol–water partition coefficient (Wildman–Crippen LogP) is -0.143. The molecule has 0 N–H and O–H groups in total. The van der Waals surface area contributed by atoms with E-state index < -0.39 is 37.6 Å². The van der Waals surface area contributed by atoms with Gasteiger partial charge in [-0.25, -0.2) is 0 Å². The smallest absolute Gasteiger partial charge is 0.305 e. The maximum absolute atomic E-state index is 11.4. The van der Waals surface area contributed by atoms with Crippen molar-refractivity contribution in [2.75, 3.05) is 13.2 Å². The third-order valence-corrected chi connectivity index (χ3v) is 11.1. The van der Waals surface area contributed by atoms with Gasteiger partial charge >= 0.3 is 11.9 Å². The van der Waals surface area contributed by atoms with Crippen LogP contribution in [0, 0.1) is 0 Å². The molecule has 0 rings (SSSR count). The molecule has 10 heteroatoms. The van der Waals surface area contributed by atoms with Gasteiger partial charge in [0.2, 0.25) is 0 Å². The Kier molecular flexibility index (Phi) is 14.2. The second-order valence-corrected chi connectivity index (χ2v) is 14.6. The van der Waals surface area contributed by atoms with E-state index in [9.17, 15) is 9.59 Å². The summed E-state index contributed by atoms with van der Waals surface area (Å²) in [5.74, 6) is -0.472. The fourth-order valence-electron chi connectivity index (χ4n) is 1.53. The Morgan fingerprint density at radius 1 is 0.773 bits per heavy atom. The molecule has 0 aromatic heterocycles. The van der Waals surface area contributed by atoms with Crippen molar-refractivity contribution in [1.82, 2.24) is 0 Å². The fraction of sp³-hybridized carbons (Fsp3) is 0.833. The van der Waals surface area contributed by atoms with Crippen LogP contribution in [0.1, 0.15) is 12.8 Å². The lowest BCUT2D eigenvalue weighted by molar-refractivity contribution is -0.151. The molecule has 0 aliphatic heterocycles. The molecule has 130 valence electrons. The summed E-state index contributed by atoms with van der Waals surface area (Å²) in [5.41, 5.74) is 0. The molecule has 0 unspecified atom stereocenters. The van der Waals surface area contributed by atoms with E-state index in [1.165, 1.54) is 0 Å². The number of carbonyl (C=O) groups excluding carboxylic acids is 2. The first-order chi connectivity index (χ1) is 10.4. The molecule has 0 spiro atoms. The van der Waals surface area contributed by atoms with Crippen LogP contribution in [-0.4, -0.2) is 62.8 Å². The molecule has 0 aromatic rings. The lowest BCUT2D eigenvalue weighted by Crippen LogP contribution is -2.16. The Morgan fingerprint density at radius 2 is 1.14 bits per heavy atom. The second-order valence-electron chi connectivity index (χ2n) is 5.49. The number of hydrogen-bond donors (Lipinski definition) is 0. The van der Waals surface area contributed by atoms with E-state index in [1.807, 2.05) is 0 Å². The van der Waals surface area contributed by atoms with E-state index in [-0.39, 0.29) is 25.2 Å². The van der Waals surface area contributed by atoms with Gasteiger partial charge in [-0.3, -0.25) is 9.59 Å². The summed E-state index contributed by atoms with van der Waals surface area (Å²) in [7, 11) is -3.02. The van der Waals surface area contributed by atoms with Gasteiger partial charge in [0.05, 0.1) is 0 Å². The number of esters is 2. The van der Waals surface area contributed by atoms with Gasteiger partial charge in [-0.2, -0.15) is 0 Å². The molecule has 0 radical (unpaired) electrons. The van der Waals surface area contributed by atoms with E-state index in [2.05, 4.69) is 26.2 Å². The van der Waals surface area contributed by atoms with Crippen LogP contribution in [0.15, 0.2) is 0 Å². The van der Waals surface area contributed by atoms with Crippen molar-refractivity contribution in [2.45, 2.75) is 51.1 Å². The molecule has 22 heavy (non-hydrogen) atoms. The minimum atomic E-state index is -0.942. The van der Waals surface area contributed by atoms with Gasteiger partial charge in [0, 0.05) is 12.8 Å². The predicted molar refractivity (Wildman–Crippen MR) is 97.8 cm³/mol. The molecule has 0 bridgehead atoms. The fourth-order valence-corrected chi connectivity index (χ4v) is 7.50. The summed E-state index contributed by atoms with van der Waals surface area (Å²) >= 11 is 0. The number of hydrogen-bond acceptors (Lipinski definition) is 6. The quantitative estimate of drug-likeness (QED) is 0.251. The van der Waals surface area contributed by atoms with Crippen molar-refractivity contribution in [2.24, 2.45) is 0 Å². The van der Waals surface area contributed by atoms with Crippen molar-refractivity contribution in [3.63, 3.8) is 0 Å². The molecule has 0 aromatic carbocycles. The van der Waals surface area contributed by atoms with Gasteiger partial charge in [-0.1, -0.05) is 0 Å². The summed E-state index contributed by atoms with van der Waals surface area (Å²) in [4.78, 5) is 22.8. The molecular formula is C12H30O6Si4. The maximum atomic E-state index is 11.4. The standard InChI is InChI=1S/C12H30O6Si4/c1-21(2)17-19-9-5-11(13)15-7-8-16-12(14)6-10-20-18-22(3)4/h21-22H,5-10,19-20H2,1-4H3. The summed E-state index contributed by atoms with van der Waals surface area (Å²) < 4.78 is 21.2. The van der Waals surface area contributed by atoms with Crippen molar-refractivity contribution in [3.05, 3.63) is 0 Å². The molecule has 0 heterocycles. The van der Waals surface area contributed by atoms with Gasteiger partial charge in [-0.15, -0.1) is 0 Å². The zero-order chi connectivity index (χ0) is 16.8. The Balaban J connectivity index is 3.39. The third-order valence-electron chi connectivity index (χ3n) is 2.56. The third kappa shape index (κ3) is 16.1. The molecule has 0 aliphatic carbocycles. The van der Waals surface area contributed by atoms with Gasteiger partial charge in [0.15, 0.2) is 18.1 Å². The van der Waals surface area contributed by atoms with Gasteiger partial charge < -0.3 is 17.7 Å². The first-order valence-corrected chi connectivity index (χ1v) is 16.7. The van der Waals surface area contributed by atoms with Gasteiger partial charge in [0.25, 0.3) is 0 Å². The topological polar surface area (TPSA) is 71.1 Å². The lowest BCUT2D eigenvalue weighted by Gasteiger charge is -2.08. The van der Waals surface area contributed by atoms with E-state index in [0.717, 1.165) is 12.1 Å². The Labute approximate surface area is 141 Å². The lowest BCUT2D eigenvalue weighted by atomic mass is 10.5. The van der Waals surface area contributed by atoms with Crippen LogP contribution in [0.25, 0.3) is 0 Å². The van der Waals surface area contributed by atoms with Crippen molar-refractivity contribution in [3.8, 4) is 0 Å². The molecule has 0 atom stereocenters. The van der Waals surface area contributed by atoms with Crippen LogP contribution < -0.4 is 0 Å². The summed E-state index contributed by atoms with van der Waals surface area (Å²) in [6, 6.07) is 1.63. The van der Waals surface area contributed by atoms with Crippen LogP contribution in [0.5, 0.6) is 0 Å². The number of ether oxygens (including phenoxy) is 2. The van der Waals surface area contributed by atoms with Gasteiger partial charge in [0.1, 0.15) is 32.7 Å². The average molecular weight is 383 g/mol. The summed E-state index contributed by atoms with van der Waals surface area (Å²) in [5, 5.41) is 0. The molecule has 0 saturated heterocycles. The molecule has 0 amide bonds. The second kappa shape index (κ2) is 14.3. The molecule has 0 fully saturated rings. The molecule has 0 saturated carbocycles. The Hall–Kier alpha value is -0.272. The highest BCUT2D eigenvalue weighted by Gasteiger charge is 2.06. The van der Waals surface area contributed by atoms with Crippen molar-refractivity contribution in [1.29, 1.82) is 0 Å². The number of rotatable bonds is 13. The van der Waals surface area contributed by atoms with E-state index >= 15 is 0 Å². The highest BCUT2D eigenvalue weighted by molar-refractivity contribution is 6.56. The Bertz CT molecular complexity index is 284. The highest BCUT2D eigenvalue weighted by Crippen LogP contribution is 1.97. The largest absolute Gasteiger partial charge is 0.463 e. The van der Waals surface area contributed by atoms with Crippen LogP contribution in [0.3, 0.4) is 0 Å². The average Bonchev–Trinajstić information content (AvgIpc) is 2.44. The van der Waals surface area contributed by atoms with Crippen LogP contribution in [-0.2, 0) is 27.3 Å². The van der Waals surface area contributed by atoms with Crippen molar-refractivity contribution >= 4 is 49.5 Å². The monoisotopic (exact) mass is 382 g/mol. The SMILES string of the molecule is C[SiH](C)O[SiH2]CCC(=O)OCCOC(=O)CC[SiH2]O[SiH](C)C. The van der Waals surface area contributed by atoms with E-state index in [4.69, 9.17) is 17.7 Å². The number of carbonyl (C=O) groups is 2. The van der Waals surface area contributed by atoms with Crippen LogP contribution in [0.4, 0.5) is 0 Å². The molecule has 0 aliphatic rings. The van der Waals surface area contributed by atoms with Crippen molar-refractivity contribution < 1.29 is 27.3 Å². The molecule has 6 nitrogen and oxygen atoms in total. The normalized spacial score (nSPS) is 12.1. The first-order valence-electron chi connectivity index (χ1n) is 7.96. The summed E-state index contributed by atoms with van der Waals surface area (Å²) in [6.07, 6.45) is 0.812. The minimum absolute atomic E-state index is 0.138.